The molecule has 1 amide bonds. The Morgan fingerprint density at radius 3 is 2.76 bits per heavy atom. The van der Waals surface area contributed by atoms with Gasteiger partial charge in [0.2, 0.25) is 11.9 Å². The number of rotatable bonds is 6. The molecule has 29 heavy (non-hydrogen) atoms. The van der Waals surface area contributed by atoms with Crippen molar-refractivity contribution in [1.29, 1.82) is 0 Å². The van der Waals surface area contributed by atoms with E-state index in [4.69, 9.17) is 9.72 Å². The Hall–Kier alpha value is -3.02. The van der Waals surface area contributed by atoms with Crippen LogP contribution in [0.5, 0.6) is 5.75 Å². The van der Waals surface area contributed by atoms with E-state index in [0.29, 0.717) is 13.1 Å². The summed E-state index contributed by atoms with van der Waals surface area (Å²) in [5.74, 6) is 1.94. The number of piperidine rings is 1. The number of imidazole rings is 1. The number of aryl methyl sites for hydroxylation is 1. The molecular formula is C23H28N4O2. The molecule has 0 aliphatic carbocycles. The minimum Gasteiger partial charge on any atom is -0.497 e. The lowest BCUT2D eigenvalue weighted by Gasteiger charge is -2.32. The number of para-hydroxylation sites is 2. The maximum atomic E-state index is 12.7. The van der Waals surface area contributed by atoms with Gasteiger partial charge in [-0.05, 0) is 49.1 Å². The zero-order valence-corrected chi connectivity index (χ0v) is 17.1. The average molecular weight is 393 g/mol. The van der Waals surface area contributed by atoms with E-state index in [9.17, 15) is 4.79 Å². The van der Waals surface area contributed by atoms with E-state index in [0.717, 1.165) is 48.5 Å². The summed E-state index contributed by atoms with van der Waals surface area (Å²) in [5, 5.41) is 3.12. The average Bonchev–Trinajstić information content (AvgIpc) is 3.11. The van der Waals surface area contributed by atoms with E-state index in [2.05, 4.69) is 20.9 Å². The number of anilines is 1. The third-order valence-corrected chi connectivity index (χ3v) is 5.71. The zero-order chi connectivity index (χ0) is 20.2. The summed E-state index contributed by atoms with van der Waals surface area (Å²) in [4.78, 5) is 19.8. The first kappa shape index (κ1) is 19.3. The number of carbonyl (C=O) groups is 1. The van der Waals surface area contributed by atoms with E-state index in [1.54, 1.807) is 7.11 Å². The number of benzene rings is 2. The van der Waals surface area contributed by atoms with Gasteiger partial charge < -0.3 is 19.5 Å². The number of carbonyl (C=O) groups excluding carboxylic acids is 1. The van der Waals surface area contributed by atoms with Crippen molar-refractivity contribution in [3.8, 4) is 5.75 Å². The van der Waals surface area contributed by atoms with Crippen molar-refractivity contribution < 1.29 is 9.53 Å². The van der Waals surface area contributed by atoms with E-state index in [1.165, 1.54) is 5.56 Å². The van der Waals surface area contributed by atoms with Crippen LogP contribution >= 0.6 is 0 Å². The SMILES string of the molecule is COc1ccc(CCNC(=O)[C@@H]2CCCN(c3nc4ccccc4n3C)C2)cc1. The number of aromatic nitrogens is 2. The first-order valence-corrected chi connectivity index (χ1v) is 10.2. The topological polar surface area (TPSA) is 59.4 Å². The summed E-state index contributed by atoms with van der Waals surface area (Å²) in [7, 11) is 3.71. The Morgan fingerprint density at radius 1 is 1.21 bits per heavy atom. The highest BCUT2D eigenvalue weighted by Crippen LogP contribution is 2.26. The lowest BCUT2D eigenvalue weighted by atomic mass is 9.97. The lowest BCUT2D eigenvalue weighted by Crippen LogP contribution is -2.44. The fourth-order valence-corrected chi connectivity index (χ4v) is 4.06. The molecule has 1 saturated heterocycles. The molecule has 6 heteroatoms. The number of nitrogens with zero attached hydrogens (tertiary/aromatic N) is 3. The van der Waals surface area contributed by atoms with Gasteiger partial charge in [0.05, 0.1) is 24.1 Å². The van der Waals surface area contributed by atoms with Crippen molar-refractivity contribution >= 4 is 22.9 Å². The number of ether oxygens (including phenoxy) is 1. The molecule has 0 radical (unpaired) electrons. The van der Waals surface area contributed by atoms with Crippen LogP contribution in [0.25, 0.3) is 11.0 Å². The van der Waals surface area contributed by atoms with Gasteiger partial charge in [0.1, 0.15) is 5.75 Å². The maximum Gasteiger partial charge on any atom is 0.224 e. The van der Waals surface area contributed by atoms with Gasteiger partial charge in [-0.3, -0.25) is 4.79 Å². The largest absolute Gasteiger partial charge is 0.497 e. The third-order valence-electron chi connectivity index (χ3n) is 5.71. The molecule has 1 fully saturated rings. The minimum absolute atomic E-state index is 0.000528. The minimum atomic E-state index is -0.000528. The quantitative estimate of drug-likeness (QED) is 0.700. The van der Waals surface area contributed by atoms with Crippen LogP contribution in [0.15, 0.2) is 48.5 Å². The highest BCUT2D eigenvalue weighted by Gasteiger charge is 2.28. The summed E-state index contributed by atoms with van der Waals surface area (Å²) in [6.45, 7) is 2.30. The van der Waals surface area contributed by atoms with Crippen LogP contribution in [-0.4, -0.2) is 42.2 Å². The molecular weight excluding hydrogens is 364 g/mol. The molecule has 1 aromatic heterocycles. The van der Waals surface area contributed by atoms with Crippen LogP contribution in [0.1, 0.15) is 18.4 Å². The summed E-state index contributed by atoms with van der Waals surface area (Å²) in [6.07, 6.45) is 2.74. The summed E-state index contributed by atoms with van der Waals surface area (Å²) >= 11 is 0. The smallest absolute Gasteiger partial charge is 0.224 e. The van der Waals surface area contributed by atoms with Crippen molar-refractivity contribution in [2.45, 2.75) is 19.3 Å². The zero-order valence-electron chi connectivity index (χ0n) is 17.1. The molecule has 2 aromatic carbocycles. The first-order chi connectivity index (χ1) is 14.2. The van der Waals surface area contributed by atoms with Gasteiger partial charge in [-0.25, -0.2) is 4.98 Å². The Labute approximate surface area is 171 Å². The van der Waals surface area contributed by atoms with Gasteiger partial charge in [0.15, 0.2) is 0 Å². The van der Waals surface area contributed by atoms with Gasteiger partial charge >= 0.3 is 0 Å². The van der Waals surface area contributed by atoms with Crippen molar-refractivity contribution in [1.82, 2.24) is 14.9 Å². The van der Waals surface area contributed by atoms with Gasteiger partial charge in [0.25, 0.3) is 0 Å². The Morgan fingerprint density at radius 2 is 2.00 bits per heavy atom. The van der Waals surface area contributed by atoms with Gasteiger partial charge in [-0.15, -0.1) is 0 Å². The number of hydrogen-bond donors (Lipinski definition) is 1. The fraction of sp³-hybridized carbons (Fsp3) is 0.391. The van der Waals surface area contributed by atoms with E-state index in [1.807, 2.05) is 49.5 Å². The monoisotopic (exact) mass is 392 g/mol. The molecule has 2 heterocycles. The molecule has 0 unspecified atom stereocenters. The number of nitrogens with one attached hydrogen (secondary N) is 1. The van der Waals surface area contributed by atoms with E-state index in [-0.39, 0.29) is 11.8 Å². The van der Waals surface area contributed by atoms with Crippen molar-refractivity contribution in [2.75, 3.05) is 31.6 Å². The van der Waals surface area contributed by atoms with Crippen LogP contribution < -0.4 is 15.0 Å². The second-order valence-electron chi connectivity index (χ2n) is 7.63. The lowest BCUT2D eigenvalue weighted by molar-refractivity contribution is -0.125. The first-order valence-electron chi connectivity index (χ1n) is 10.2. The molecule has 1 aliphatic heterocycles. The molecule has 0 spiro atoms. The molecule has 0 saturated carbocycles. The fourth-order valence-electron chi connectivity index (χ4n) is 4.06. The standard InChI is InChI=1S/C23H28N4O2/c1-26-21-8-4-3-7-20(21)25-23(26)27-15-5-6-18(16-27)22(28)24-14-13-17-9-11-19(29-2)12-10-17/h3-4,7-12,18H,5-6,13-16H2,1-2H3,(H,24,28)/t18-/m1/s1. The highest BCUT2D eigenvalue weighted by atomic mass is 16.5. The molecule has 6 nitrogen and oxygen atoms in total. The van der Waals surface area contributed by atoms with Crippen molar-refractivity contribution in [3.05, 3.63) is 54.1 Å². The van der Waals surface area contributed by atoms with Crippen molar-refractivity contribution in [3.63, 3.8) is 0 Å². The molecule has 4 rings (SSSR count). The Kier molecular flexibility index (Phi) is 5.69. The van der Waals surface area contributed by atoms with Gasteiger partial charge in [-0.1, -0.05) is 24.3 Å². The van der Waals surface area contributed by atoms with Crippen LogP contribution in [0.2, 0.25) is 0 Å². The summed E-state index contributed by atoms with van der Waals surface area (Å²) in [5.41, 5.74) is 3.31. The normalized spacial score (nSPS) is 16.8. The molecule has 1 aliphatic rings. The highest BCUT2D eigenvalue weighted by molar-refractivity contribution is 5.81. The third kappa shape index (κ3) is 4.21. The van der Waals surface area contributed by atoms with Crippen molar-refractivity contribution in [2.24, 2.45) is 13.0 Å². The molecule has 3 aromatic rings. The predicted octanol–water partition coefficient (Wildman–Crippen LogP) is 3.16. The maximum absolute atomic E-state index is 12.7. The second-order valence-corrected chi connectivity index (χ2v) is 7.63. The molecule has 152 valence electrons. The number of fused-ring (bicyclic) bond motifs is 1. The van der Waals surface area contributed by atoms with Crippen LogP contribution in [0.4, 0.5) is 5.95 Å². The second kappa shape index (κ2) is 8.55. The Bertz CT molecular complexity index is 980. The van der Waals surface area contributed by atoms with Gasteiger partial charge in [-0.2, -0.15) is 0 Å². The summed E-state index contributed by atoms with van der Waals surface area (Å²) < 4.78 is 7.31. The van der Waals surface area contributed by atoms with Crippen LogP contribution in [-0.2, 0) is 18.3 Å². The van der Waals surface area contributed by atoms with E-state index < -0.39 is 0 Å². The molecule has 1 atom stereocenters. The molecule has 0 bridgehead atoms. The number of methoxy groups -OCH3 is 1. The number of hydrogen-bond acceptors (Lipinski definition) is 4. The number of amides is 1. The van der Waals surface area contributed by atoms with E-state index >= 15 is 0 Å². The van der Waals surface area contributed by atoms with Crippen LogP contribution in [0, 0.1) is 5.92 Å². The predicted molar refractivity (Wildman–Crippen MR) is 115 cm³/mol. The van der Waals surface area contributed by atoms with Crippen LogP contribution in [0.3, 0.4) is 0 Å². The summed E-state index contributed by atoms with van der Waals surface area (Å²) in [6, 6.07) is 16.1. The van der Waals surface area contributed by atoms with Gasteiger partial charge in [0, 0.05) is 26.7 Å². The Balaban J connectivity index is 1.34. The molecule has 1 N–H and O–H groups in total.